The highest BCUT2D eigenvalue weighted by molar-refractivity contribution is 6.31. The number of halogens is 2. The van der Waals surface area contributed by atoms with E-state index < -0.39 is 11.4 Å². The molecule has 1 aliphatic heterocycles. The molecule has 6 rings (SSSR count). The van der Waals surface area contributed by atoms with Gasteiger partial charge in [0.25, 0.3) is 5.56 Å². The third-order valence-electron chi connectivity index (χ3n) is 7.93. The van der Waals surface area contributed by atoms with Gasteiger partial charge in [-0.15, -0.1) is 0 Å². The van der Waals surface area contributed by atoms with Gasteiger partial charge in [-0.2, -0.15) is 5.10 Å². The molecule has 0 atom stereocenters. The van der Waals surface area contributed by atoms with Gasteiger partial charge in [0.2, 0.25) is 5.91 Å². The molecule has 198 valence electrons. The van der Waals surface area contributed by atoms with Crippen LogP contribution >= 0.6 is 11.6 Å². The minimum Gasteiger partial charge on any atom is -0.388 e. The second kappa shape index (κ2) is 8.78. The number of rotatable bonds is 5. The van der Waals surface area contributed by atoms with Gasteiger partial charge in [0, 0.05) is 48.6 Å². The van der Waals surface area contributed by atoms with Crippen molar-refractivity contribution in [2.45, 2.75) is 44.8 Å². The Morgan fingerprint density at radius 3 is 2.58 bits per heavy atom. The standard InChI is InChI=1S/C27H28ClFN6O3/c1-26(5-6-26)25(37)33-9-7-27(38,8-10-33)15-34-16-30-23-20(24(34)36)12-22(28)35(23)18-3-4-21(29)19(11-18)17-13-31-32(2)14-17/h3-4,11-14,16,38H,5-10,15H2,1-2H3. The van der Waals surface area contributed by atoms with E-state index in [2.05, 4.69) is 10.1 Å². The number of carbonyl (C=O) groups is 1. The molecule has 1 aromatic carbocycles. The maximum absolute atomic E-state index is 14.6. The predicted octanol–water partition coefficient (Wildman–Crippen LogP) is 3.53. The van der Waals surface area contributed by atoms with Gasteiger partial charge in [-0.25, -0.2) is 9.37 Å². The van der Waals surface area contributed by atoms with Crippen molar-refractivity contribution in [1.29, 1.82) is 0 Å². The molecule has 1 amide bonds. The molecule has 2 fully saturated rings. The zero-order valence-electron chi connectivity index (χ0n) is 21.2. The van der Waals surface area contributed by atoms with E-state index >= 15 is 0 Å². The van der Waals surface area contributed by atoms with Gasteiger partial charge in [0.1, 0.15) is 17.3 Å². The fourth-order valence-corrected chi connectivity index (χ4v) is 5.55. The molecule has 2 aliphatic rings. The fraction of sp³-hybridized carbons (Fsp3) is 0.407. The molecule has 4 aromatic rings. The molecule has 4 heterocycles. The highest BCUT2D eigenvalue weighted by atomic mass is 35.5. The van der Waals surface area contributed by atoms with Crippen LogP contribution in [-0.4, -0.2) is 58.5 Å². The quantitative estimate of drug-likeness (QED) is 0.419. The monoisotopic (exact) mass is 538 g/mol. The van der Waals surface area contributed by atoms with Gasteiger partial charge in [-0.05, 0) is 49.9 Å². The number of carbonyl (C=O) groups excluding carboxylic acids is 1. The number of likely N-dealkylation sites (tertiary alicyclic amines) is 1. The Morgan fingerprint density at radius 1 is 1.18 bits per heavy atom. The summed E-state index contributed by atoms with van der Waals surface area (Å²) in [6.07, 6.45) is 7.29. The van der Waals surface area contributed by atoms with E-state index in [4.69, 9.17) is 11.6 Å². The van der Waals surface area contributed by atoms with Crippen molar-refractivity contribution in [1.82, 2.24) is 28.8 Å². The summed E-state index contributed by atoms with van der Waals surface area (Å²) < 4.78 is 19.2. The number of aromatic nitrogens is 5. The first kappa shape index (κ1) is 24.8. The fourth-order valence-electron chi connectivity index (χ4n) is 5.26. The van der Waals surface area contributed by atoms with E-state index in [0.29, 0.717) is 53.8 Å². The van der Waals surface area contributed by atoms with Crippen molar-refractivity contribution in [3.05, 3.63) is 64.3 Å². The number of fused-ring (bicyclic) bond motifs is 1. The third-order valence-corrected chi connectivity index (χ3v) is 8.20. The Morgan fingerprint density at radius 2 is 1.92 bits per heavy atom. The van der Waals surface area contributed by atoms with Crippen molar-refractivity contribution < 1.29 is 14.3 Å². The van der Waals surface area contributed by atoms with Crippen molar-refractivity contribution in [3.8, 4) is 16.8 Å². The summed E-state index contributed by atoms with van der Waals surface area (Å²) in [7, 11) is 1.75. The summed E-state index contributed by atoms with van der Waals surface area (Å²) in [6.45, 7) is 2.97. The highest BCUT2D eigenvalue weighted by Crippen LogP contribution is 2.47. The van der Waals surface area contributed by atoms with E-state index in [0.717, 1.165) is 12.8 Å². The van der Waals surface area contributed by atoms with Gasteiger partial charge >= 0.3 is 0 Å². The lowest BCUT2D eigenvalue weighted by Crippen LogP contribution is -2.51. The first-order chi connectivity index (χ1) is 18.1. The first-order valence-corrected chi connectivity index (χ1v) is 13.0. The lowest BCUT2D eigenvalue weighted by Gasteiger charge is -2.39. The van der Waals surface area contributed by atoms with Crippen LogP contribution in [-0.2, 0) is 18.4 Å². The number of aryl methyl sites for hydroxylation is 1. The van der Waals surface area contributed by atoms with E-state index in [1.807, 2.05) is 11.8 Å². The van der Waals surface area contributed by atoms with Crippen LogP contribution < -0.4 is 5.56 Å². The number of hydrogen-bond donors (Lipinski definition) is 1. The first-order valence-electron chi connectivity index (χ1n) is 12.6. The van der Waals surface area contributed by atoms with E-state index in [9.17, 15) is 19.1 Å². The molecule has 3 aromatic heterocycles. The maximum Gasteiger partial charge on any atom is 0.262 e. The van der Waals surface area contributed by atoms with E-state index in [1.165, 1.54) is 23.0 Å². The number of piperidine rings is 1. The Labute approximate surface area is 223 Å². The molecule has 38 heavy (non-hydrogen) atoms. The van der Waals surface area contributed by atoms with Gasteiger partial charge < -0.3 is 10.0 Å². The Bertz CT molecular complexity index is 1630. The molecule has 9 nitrogen and oxygen atoms in total. The average Bonchev–Trinajstić information content (AvgIpc) is 3.34. The van der Waals surface area contributed by atoms with E-state index in [1.54, 1.807) is 40.8 Å². The zero-order chi connectivity index (χ0) is 26.8. The summed E-state index contributed by atoms with van der Waals surface area (Å²) in [4.78, 5) is 32.4. The Kier molecular flexibility index (Phi) is 5.73. The summed E-state index contributed by atoms with van der Waals surface area (Å²) in [5.41, 5.74) is 0.161. The molecule has 0 bridgehead atoms. The SMILES string of the molecule is Cn1cc(-c2cc(-n3c(Cl)cc4c(=O)n(CC5(O)CCN(C(=O)C6(C)CC6)CC5)cnc43)ccc2F)cn1. The summed E-state index contributed by atoms with van der Waals surface area (Å²) >= 11 is 6.55. The molecular formula is C27H28ClFN6O3. The summed E-state index contributed by atoms with van der Waals surface area (Å²) in [6, 6.07) is 6.10. The van der Waals surface area contributed by atoms with Gasteiger partial charge in [0.15, 0.2) is 5.65 Å². The normalized spacial score (nSPS) is 18.2. The Balaban J connectivity index is 1.28. The number of nitrogens with zero attached hydrogens (tertiary/aromatic N) is 6. The molecule has 1 aliphatic carbocycles. The highest BCUT2D eigenvalue weighted by Gasteiger charge is 2.48. The summed E-state index contributed by atoms with van der Waals surface area (Å²) in [5, 5.41) is 15.9. The molecule has 1 N–H and O–H groups in total. The largest absolute Gasteiger partial charge is 0.388 e. The second-order valence-electron chi connectivity index (χ2n) is 10.9. The number of hydrogen-bond acceptors (Lipinski definition) is 5. The number of amides is 1. The number of aliphatic hydroxyl groups is 1. The maximum atomic E-state index is 14.6. The minimum absolute atomic E-state index is 0.0680. The average molecular weight is 539 g/mol. The zero-order valence-corrected chi connectivity index (χ0v) is 22.0. The predicted molar refractivity (Wildman–Crippen MR) is 141 cm³/mol. The van der Waals surface area contributed by atoms with Crippen molar-refractivity contribution in [2.24, 2.45) is 12.5 Å². The third kappa shape index (κ3) is 4.21. The van der Waals surface area contributed by atoms with Crippen molar-refractivity contribution in [2.75, 3.05) is 13.1 Å². The molecule has 0 radical (unpaired) electrons. The van der Waals surface area contributed by atoms with Crippen molar-refractivity contribution in [3.63, 3.8) is 0 Å². The molecule has 1 saturated carbocycles. The molecule has 1 saturated heterocycles. The molecular weight excluding hydrogens is 511 g/mol. The second-order valence-corrected chi connectivity index (χ2v) is 11.2. The molecule has 0 spiro atoms. The topological polar surface area (TPSA) is 98.2 Å². The van der Waals surface area contributed by atoms with Crippen LogP contribution in [0.2, 0.25) is 5.15 Å². The smallest absolute Gasteiger partial charge is 0.262 e. The van der Waals surface area contributed by atoms with Crippen LogP contribution in [0, 0.1) is 11.2 Å². The van der Waals surface area contributed by atoms with Gasteiger partial charge in [-0.1, -0.05) is 18.5 Å². The lowest BCUT2D eigenvalue weighted by atomic mass is 9.90. The van der Waals surface area contributed by atoms with Crippen LogP contribution in [0.3, 0.4) is 0 Å². The molecule has 0 unspecified atom stereocenters. The van der Waals surface area contributed by atoms with Crippen LogP contribution in [0.1, 0.15) is 32.6 Å². The number of benzene rings is 1. The van der Waals surface area contributed by atoms with Gasteiger partial charge in [-0.3, -0.25) is 23.4 Å². The minimum atomic E-state index is -1.12. The van der Waals surface area contributed by atoms with Crippen LogP contribution in [0.5, 0.6) is 0 Å². The van der Waals surface area contributed by atoms with E-state index in [-0.39, 0.29) is 28.6 Å². The van der Waals surface area contributed by atoms with Crippen LogP contribution in [0.15, 0.2) is 47.8 Å². The Hall–Kier alpha value is -3.50. The molecule has 11 heteroatoms. The van der Waals surface area contributed by atoms with Crippen LogP contribution in [0.25, 0.3) is 27.8 Å². The van der Waals surface area contributed by atoms with Crippen LogP contribution in [0.4, 0.5) is 4.39 Å². The lowest BCUT2D eigenvalue weighted by molar-refractivity contribution is -0.141. The van der Waals surface area contributed by atoms with Crippen molar-refractivity contribution >= 4 is 28.5 Å². The van der Waals surface area contributed by atoms with Gasteiger partial charge in [0.05, 0.1) is 23.7 Å². The summed E-state index contributed by atoms with van der Waals surface area (Å²) in [5.74, 6) is -0.250.